The molecular weight excluding hydrogens is 233 g/mol. The summed E-state index contributed by atoms with van der Waals surface area (Å²) in [5.41, 5.74) is 1.31. The molecule has 94 valence electrons. The molecule has 0 heterocycles. The highest BCUT2D eigenvalue weighted by molar-refractivity contribution is 5.78. The maximum Gasteiger partial charge on any atom is 0.491 e. The van der Waals surface area contributed by atoms with Crippen LogP contribution in [0.1, 0.15) is 30.9 Å². The maximum absolute atomic E-state index is 12.1. The number of ether oxygens (including phenoxy) is 1. The molecule has 0 aliphatic carbocycles. The average molecular weight is 246 g/mol. The van der Waals surface area contributed by atoms with Crippen molar-refractivity contribution in [3.63, 3.8) is 0 Å². The molecule has 0 radical (unpaired) electrons. The minimum absolute atomic E-state index is 0.0430. The fourth-order valence-corrected chi connectivity index (χ4v) is 1.24. The standard InChI is InChI=1S/C12H13F3O2/c1-7(2)9-5-4-8(3)10(6-9)17-11(16)12(13,14)15/h4-7H,1-3H3. The largest absolute Gasteiger partial charge is 0.491 e. The van der Waals surface area contributed by atoms with Crippen molar-refractivity contribution >= 4 is 5.97 Å². The molecule has 0 aliphatic rings. The first-order valence-electron chi connectivity index (χ1n) is 5.11. The van der Waals surface area contributed by atoms with E-state index in [4.69, 9.17) is 0 Å². The molecule has 0 fully saturated rings. The smallest absolute Gasteiger partial charge is 0.420 e. The summed E-state index contributed by atoms with van der Waals surface area (Å²) in [6.45, 7) is 5.39. The van der Waals surface area contributed by atoms with E-state index in [2.05, 4.69) is 4.74 Å². The van der Waals surface area contributed by atoms with Gasteiger partial charge in [0.1, 0.15) is 5.75 Å². The predicted molar refractivity (Wildman–Crippen MR) is 57.0 cm³/mol. The summed E-state index contributed by atoms with van der Waals surface area (Å²) < 4.78 is 40.5. The Labute approximate surface area is 97.4 Å². The van der Waals surface area contributed by atoms with Gasteiger partial charge in [0.25, 0.3) is 0 Å². The lowest BCUT2D eigenvalue weighted by Gasteiger charge is -2.12. The van der Waals surface area contributed by atoms with Crippen molar-refractivity contribution in [1.29, 1.82) is 0 Å². The summed E-state index contributed by atoms with van der Waals surface area (Å²) in [5.74, 6) is -2.08. The predicted octanol–water partition coefficient (Wildman–Crippen LogP) is 3.59. The van der Waals surface area contributed by atoms with Gasteiger partial charge < -0.3 is 4.74 Å². The van der Waals surface area contributed by atoms with Gasteiger partial charge in [-0.05, 0) is 30.0 Å². The van der Waals surface area contributed by atoms with Crippen molar-refractivity contribution in [3.8, 4) is 5.75 Å². The summed E-state index contributed by atoms with van der Waals surface area (Å²) in [5, 5.41) is 0. The van der Waals surface area contributed by atoms with Crippen LogP contribution in [0.4, 0.5) is 13.2 Å². The van der Waals surface area contributed by atoms with Crippen LogP contribution in [-0.2, 0) is 4.79 Å². The molecule has 0 atom stereocenters. The molecule has 1 aromatic carbocycles. The van der Waals surface area contributed by atoms with Crippen LogP contribution < -0.4 is 4.74 Å². The molecule has 0 saturated heterocycles. The quantitative estimate of drug-likeness (QED) is 0.588. The van der Waals surface area contributed by atoms with Gasteiger partial charge in [0.2, 0.25) is 0 Å². The molecule has 0 unspecified atom stereocenters. The lowest BCUT2D eigenvalue weighted by molar-refractivity contribution is -0.189. The monoisotopic (exact) mass is 246 g/mol. The van der Waals surface area contributed by atoms with Crippen LogP contribution >= 0.6 is 0 Å². The highest BCUT2D eigenvalue weighted by Gasteiger charge is 2.41. The fourth-order valence-electron chi connectivity index (χ4n) is 1.24. The number of hydrogen-bond donors (Lipinski definition) is 0. The van der Waals surface area contributed by atoms with Gasteiger partial charge in [0.05, 0.1) is 0 Å². The summed E-state index contributed by atoms with van der Waals surface area (Å²) in [7, 11) is 0. The third-order valence-corrected chi connectivity index (χ3v) is 2.31. The van der Waals surface area contributed by atoms with Crippen LogP contribution in [-0.4, -0.2) is 12.1 Å². The highest BCUT2D eigenvalue weighted by atomic mass is 19.4. The molecule has 0 bridgehead atoms. The van der Waals surface area contributed by atoms with Crippen molar-refractivity contribution in [2.75, 3.05) is 0 Å². The van der Waals surface area contributed by atoms with Crippen LogP contribution in [0.3, 0.4) is 0 Å². The van der Waals surface area contributed by atoms with Crippen molar-refractivity contribution in [2.45, 2.75) is 32.9 Å². The summed E-state index contributed by atoms with van der Waals surface area (Å²) in [4.78, 5) is 10.7. The van der Waals surface area contributed by atoms with E-state index in [1.54, 1.807) is 19.1 Å². The Morgan fingerprint density at radius 2 is 1.88 bits per heavy atom. The number of carbonyl (C=O) groups excluding carboxylic acids is 1. The van der Waals surface area contributed by atoms with Gasteiger partial charge in [0.15, 0.2) is 0 Å². The molecule has 17 heavy (non-hydrogen) atoms. The Kier molecular flexibility index (Phi) is 3.80. The molecule has 5 heteroatoms. The second-order valence-electron chi connectivity index (χ2n) is 4.07. The molecular formula is C12H13F3O2. The van der Waals surface area contributed by atoms with Crippen LogP contribution in [0.15, 0.2) is 18.2 Å². The first kappa shape index (κ1) is 13.5. The normalized spacial score (nSPS) is 11.7. The number of aryl methyl sites for hydroxylation is 1. The summed E-state index contributed by atoms with van der Waals surface area (Å²) in [6, 6.07) is 4.89. The van der Waals surface area contributed by atoms with E-state index in [1.165, 1.54) is 6.07 Å². The number of hydrogen-bond acceptors (Lipinski definition) is 2. The third-order valence-electron chi connectivity index (χ3n) is 2.31. The van der Waals surface area contributed by atoms with Gasteiger partial charge in [0, 0.05) is 0 Å². The first-order valence-corrected chi connectivity index (χ1v) is 5.11. The molecule has 0 aromatic heterocycles. The molecule has 0 amide bonds. The molecule has 1 aromatic rings. The molecule has 0 spiro atoms. The fraction of sp³-hybridized carbons (Fsp3) is 0.417. The first-order chi connectivity index (χ1) is 7.71. The minimum Gasteiger partial charge on any atom is -0.420 e. The van der Waals surface area contributed by atoms with E-state index in [9.17, 15) is 18.0 Å². The van der Waals surface area contributed by atoms with E-state index in [-0.39, 0.29) is 11.7 Å². The Hall–Kier alpha value is -1.52. The Morgan fingerprint density at radius 1 is 1.29 bits per heavy atom. The number of alkyl halides is 3. The van der Waals surface area contributed by atoms with Gasteiger partial charge in [-0.15, -0.1) is 0 Å². The number of carbonyl (C=O) groups is 1. The van der Waals surface area contributed by atoms with Gasteiger partial charge in [-0.2, -0.15) is 13.2 Å². The van der Waals surface area contributed by atoms with Crippen LogP contribution in [0.25, 0.3) is 0 Å². The molecule has 2 nitrogen and oxygen atoms in total. The van der Waals surface area contributed by atoms with Gasteiger partial charge >= 0.3 is 12.1 Å². The average Bonchev–Trinajstić information content (AvgIpc) is 2.19. The lowest BCUT2D eigenvalue weighted by Crippen LogP contribution is -2.28. The summed E-state index contributed by atoms with van der Waals surface area (Å²) in [6.07, 6.45) is -4.97. The Morgan fingerprint density at radius 3 is 2.35 bits per heavy atom. The van der Waals surface area contributed by atoms with Gasteiger partial charge in [-0.3, -0.25) is 0 Å². The second-order valence-corrected chi connectivity index (χ2v) is 4.07. The van der Waals surface area contributed by atoms with E-state index >= 15 is 0 Å². The number of rotatable bonds is 2. The van der Waals surface area contributed by atoms with Crippen molar-refractivity contribution < 1.29 is 22.7 Å². The maximum atomic E-state index is 12.1. The van der Waals surface area contributed by atoms with Crippen molar-refractivity contribution in [1.82, 2.24) is 0 Å². The lowest BCUT2D eigenvalue weighted by atomic mass is 10.0. The molecule has 1 rings (SSSR count). The van der Waals surface area contributed by atoms with Gasteiger partial charge in [-0.25, -0.2) is 4.79 Å². The molecule has 0 N–H and O–H groups in total. The number of esters is 1. The van der Waals surface area contributed by atoms with Crippen molar-refractivity contribution in [3.05, 3.63) is 29.3 Å². The Balaban J connectivity index is 2.98. The minimum atomic E-state index is -4.97. The summed E-state index contributed by atoms with van der Waals surface area (Å²) >= 11 is 0. The highest BCUT2D eigenvalue weighted by Crippen LogP contribution is 2.26. The third kappa shape index (κ3) is 3.47. The zero-order chi connectivity index (χ0) is 13.2. The molecule has 0 saturated carbocycles. The zero-order valence-corrected chi connectivity index (χ0v) is 9.76. The Bertz CT molecular complexity index is 422. The van der Waals surface area contributed by atoms with E-state index in [0.717, 1.165) is 5.56 Å². The van der Waals surface area contributed by atoms with Gasteiger partial charge in [-0.1, -0.05) is 26.0 Å². The van der Waals surface area contributed by atoms with E-state index in [0.29, 0.717) is 5.56 Å². The van der Waals surface area contributed by atoms with Crippen LogP contribution in [0, 0.1) is 6.92 Å². The second kappa shape index (κ2) is 4.77. The van der Waals surface area contributed by atoms with Crippen molar-refractivity contribution in [2.24, 2.45) is 0 Å². The van der Waals surface area contributed by atoms with E-state index < -0.39 is 12.1 Å². The van der Waals surface area contributed by atoms with Crippen LogP contribution in [0.5, 0.6) is 5.75 Å². The zero-order valence-electron chi connectivity index (χ0n) is 9.76. The SMILES string of the molecule is Cc1ccc(C(C)C)cc1OC(=O)C(F)(F)F. The van der Waals surface area contributed by atoms with Crippen LogP contribution in [0.2, 0.25) is 0 Å². The topological polar surface area (TPSA) is 26.3 Å². The van der Waals surface area contributed by atoms with E-state index in [1.807, 2.05) is 13.8 Å². The number of halogens is 3. The molecule has 0 aliphatic heterocycles. The number of benzene rings is 1.